The van der Waals surface area contributed by atoms with Crippen LogP contribution in [-0.4, -0.2) is 19.3 Å². The average molecular weight is 289 g/mol. The summed E-state index contributed by atoms with van der Waals surface area (Å²) >= 11 is 6.05. The van der Waals surface area contributed by atoms with Crippen LogP contribution in [0, 0.1) is 6.92 Å². The first-order valence-corrected chi connectivity index (χ1v) is 7.21. The monoisotopic (exact) mass is 288 g/mol. The normalized spacial score (nSPS) is 11.3. The molecular formula is C15H17ClN4. The molecule has 104 valence electrons. The standard InChI is InChI=1S/C15H17ClN4/c1-11-4-3-5-13-15(11)18-14(10-16)20(13)9-7-12-6-8-17-19(12)2/h3-6,8H,7,9-10H2,1-2H3. The van der Waals surface area contributed by atoms with E-state index in [0.29, 0.717) is 5.88 Å². The average Bonchev–Trinajstić information content (AvgIpc) is 3.01. The van der Waals surface area contributed by atoms with E-state index in [9.17, 15) is 0 Å². The lowest BCUT2D eigenvalue weighted by molar-refractivity contribution is 0.634. The van der Waals surface area contributed by atoms with Gasteiger partial charge in [0.1, 0.15) is 5.82 Å². The van der Waals surface area contributed by atoms with Crippen LogP contribution in [0.5, 0.6) is 0 Å². The number of para-hydroxylation sites is 1. The van der Waals surface area contributed by atoms with Gasteiger partial charge in [0.15, 0.2) is 0 Å². The summed E-state index contributed by atoms with van der Waals surface area (Å²) in [6.45, 7) is 2.94. The topological polar surface area (TPSA) is 35.6 Å². The SMILES string of the molecule is Cc1cccc2c1nc(CCl)n2CCc1ccnn1C. The van der Waals surface area contributed by atoms with E-state index in [0.717, 1.165) is 29.8 Å². The van der Waals surface area contributed by atoms with E-state index in [1.54, 1.807) is 0 Å². The van der Waals surface area contributed by atoms with Crippen LogP contribution in [0.3, 0.4) is 0 Å². The Balaban J connectivity index is 1.98. The van der Waals surface area contributed by atoms with E-state index in [1.807, 2.05) is 24.0 Å². The quantitative estimate of drug-likeness (QED) is 0.692. The van der Waals surface area contributed by atoms with E-state index in [-0.39, 0.29) is 0 Å². The summed E-state index contributed by atoms with van der Waals surface area (Å²) in [5, 5.41) is 4.20. The zero-order chi connectivity index (χ0) is 14.1. The lowest BCUT2D eigenvalue weighted by Crippen LogP contribution is -2.07. The van der Waals surface area contributed by atoms with Gasteiger partial charge in [0.2, 0.25) is 0 Å². The number of rotatable bonds is 4. The van der Waals surface area contributed by atoms with Crippen LogP contribution >= 0.6 is 11.6 Å². The number of nitrogens with zero attached hydrogens (tertiary/aromatic N) is 4. The molecule has 2 aromatic heterocycles. The van der Waals surface area contributed by atoms with Crippen molar-refractivity contribution in [3.8, 4) is 0 Å². The Morgan fingerprint density at radius 1 is 1.25 bits per heavy atom. The third kappa shape index (κ3) is 2.20. The Bertz CT molecular complexity index is 741. The molecule has 0 fully saturated rings. The highest BCUT2D eigenvalue weighted by atomic mass is 35.5. The summed E-state index contributed by atoms with van der Waals surface area (Å²) in [5.74, 6) is 1.36. The maximum Gasteiger partial charge on any atom is 0.124 e. The van der Waals surface area contributed by atoms with E-state index in [4.69, 9.17) is 11.6 Å². The second kappa shape index (κ2) is 5.29. The highest BCUT2D eigenvalue weighted by molar-refractivity contribution is 6.16. The molecule has 20 heavy (non-hydrogen) atoms. The van der Waals surface area contributed by atoms with Crippen molar-refractivity contribution in [2.75, 3.05) is 0 Å². The Hall–Kier alpha value is -1.81. The van der Waals surface area contributed by atoms with E-state index in [1.165, 1.54) is 11.3 Å². The number of fused-ring (bicyclic) bond motifs is 1. The van der Waals surface area contributed by atoms with Gasteiger partial charge in [0.05, 0.1) is 16.9 Å². The first-order valence-electron chi connectivity index (χ1n) is 6.68. The van der Waals surface area contributed by atoms with Crippen LogP contribution in [0.25, 0.3) is 11.0 Å². The fourth-order valence-corrected chi connectivity index (χ4v) is 2.76. The molecule has 0 saturated heterocycles. The fourth-order valence-electron chi connectivity index (χ4n) is 2.56. The first-order chi connectivity index (χ1) is 9.70. The van der Waals surface area contributed by atoms with Crippen molar-refractivity contribution in [3.05, 3.63) is 47.5 Å². The number of alkyl halides is 1. The van der Waals surface area contributed by atoms with Crippen LogP contribution in [0.15, 0.2) is 30.5 Å². The van der Waals surface area contributed by atoms with Gasteiger partial charge in [0.25, 0.3) is 0 Å². The van der Waals surface area contributed by atoms with Crippen molar-refractivity contribution in [1.82, 2.24) is 19.3 Å². The van der Waals surface area contributed by atoms with Crippen molar-refractivity contribution in [3.63, 3.8) is 0 Å². The summed E-state index contributed by atoms with van der Waals surface area (Å²) in [6, 6.07) is 8.30. The number of imidazole rings is 1. The van der Waals surface area contributed by atoms with Gasteiger partial charge in [-0.05, 0) is 24.6 Å². The minimum atomic E-state index is 0.430. The molecule has 0 bridgehead atoms. The molecule has 0 saturated carbocycles. The molecule has 2 heterocycles. The van der Waals surface area contributed by atoms with Crippen molar-refractivity contribution in [2.45, 2.75) is 25.8 Å². The number of hydrogen-bond donors (Lipinski definition) is 0. The summed E-state index contributed by atoms with van der Waals surface area (Å²) in [6.07, 6.45) is 2.74. The van der Waals surface area contributed by atoms with Crippen molar-refractivity contribution < 1.29 is 0 Å². The highest BCUT2D eigenvalue weighted by Gasteiger charge is 2.11. The molecule has 0 unspecified atom stereocenters. The predicted molar refractivity (Wildman–Crippen MR) is 80.9 cm³/mol. The number of benzene rings is 1. The van der Waals surface area contributed by atoms with Crippen LogP contribution in [0.1, 0.15) is 17.1 Å². The molecule has 4 nitrogen and oxygen atoms in total. The van der Waals surface area contributed by atoms with Crippen LogP contribution < -0.4 is 0 Å². The van der Waals surface area contributed by atoms with Crippen molar-refractivity contribution >= 4 is 22.6 Å². The maximum atomic E-state index is 6.05. The third-order valence-corrected chi connectivity index (χ3v) is 3.93. The van der Waals surface area contributed by atoms with Gasteiger partial charge in [0, 0.05) is 31.9 Å². The van der Waals surface area contributed by atoms with Gasteiger partial charge in [-0.2, -0.15) is 5.10 Å². The zero-order valence-corrected chi connectivity index (χ0v) is 12.4. The highest BCUT2D eigenvalue weighted by Crippen LogP contribution is 2.21. The molecule has 0 atom stereocenters. The van der Waals surface area contributed by atoms with Crippen molar-refractivity contribution in [1.29, 1.82) is 0 Å². The summed E-state index contributed by atoms with van der Waals surface area (Å²) < 4.78 is 4.12. The van der Waals surface area contributed by atoms with E-state index in [2.05, 4.69) is 39.8 Å². The second-order valence-electron chi connectivity index (χ2n) is 4.95. The Morgan fingerprint density at radius 3 is 2.80 bits per heavy atom. The summed E-state index contributed by atoms with van der Waals surface area (Å²) in [4.78, 5) is 4.66. The minimum Gasteiger partial charge on any atom is -0.327 e. The van der Waals surface area contributed by atoms with Crippen LogP contribution in [0.2, 0.25) is 0 Å². The fraction of sp³-hybridized carbons (Fsp3) is 0.333. The largest absolute Gasteiger partial charge is 0.327 e. The maximum absolute atomic E-state index is 6.05. The van der Waals surface area contributed by atoms with Gasteiger partial charge in [-0.1, -0.05) is 12.1 Å². The molecule has 0 amide bonds. The zero-order valence-electron chi connectivity index (χ0n) is 11.7. The van der Waals surface area contributed by atoms with Gasteiger partial charge in [-0.15, -0.1) is 11.6 Å². The molecule has 0 N–H and O–H groups in total. The Morgan fingerprint density at radius 2 is 2.10 bits per heavy atom. The van der Waals surface area contributed by atoms with Gasteiger partial charge >= 0.3 is 0 Å². The van der Waals surface area contributed by atoms with Crippen LogP contribution in [0.4, 0.5) is 0 Å². The molecule has 0 aliphatic heterocycles. The van der Waals surface area contributed by atoms with E-state index < -0.39 is 0 Å². The second-order valence-corrected chi connectivity index (χ2v) is 5.22. The summed E-state index contributed by atoms with van der Waals surface area (Å²) in [5.41, 5.74) is 4.60. The molecule has 3 rings (SSSR count). The summed E-state index contributed by atoms with van der Waals surface area (Å²) in [7, 11) is 1.97. The van der Waals surface area contributed by atoms with Gasteiger partial charge < -0.3 is 4.57 Å². The Labute approximate surface area is 123 Å². The predicted octanol–water partition coefficient (Wildman–Crippen LogP) is 3.06. The molecule has 0 aliphatic carbocycles. The molecular weight excluding hydrogens is 272 g/mol. The molecule has 0 aliphatic rings. The van der Waals surface area contributed by atoms with Crippen LogP contribution in [-0.2, 0) is 25.9 Å². The van der Waals surface area contributed by atoms with E-state index >= 15 is 0 Å². The number of halogens is 1. The van der Waals surface area contributed by atoms with Gasteiger partial charge in [-0.3, -0.25) is 4.68 Å². The van der Waals surface area contributed by atoms with Crippen molar-refractivity contribution in [2.24, 2.45) is 7.05 Å². The molecule has 3 aromatic rings. The molecule has 1 aromatic carbocycles. The molecule has 0 spiro atoms. The lowest BCUT2D eigenvalue weighted by Gasteiger charge is -2.08. The molecule has 5 heteroatoms. The molecule has 0 radical (unpaired) electrons. The minimum absolute atomic E-state index is 0.430. The van der Waals surface area contributed by atoms with Gasteiger partial charge in [-0.25, -0.2) is 4.98 Å². The smallest absolute Gasteiger partial charge is 0.124 e. The third-order valence-electron chi connectivity index (χ3n) is 3.69. The first kappa shape index (κ1) is 13.2. The number of aryl methyl sites for hydroxylation is 4. The Kier molecular flexibility index (Phi) is 3.49. The number of aromatic nitrogens is 4. The number of hydrogen-bond acceptors (Lipinski definition) is 2. The lowest BCUT2D eigenvalue weighted by atomic mass is 10.2.